The average molecular weight is 362 g/mol. The van der Waals surface area contributed by atoms with Gasteiger partial charge in [0.1, 0.15) is 0 Å². The Morgan fingerprint density at radius 3 is 2.42 bits per heavy atom. The first kappa shape index (κ1) is 19.3. The van der Waals surface area contributed by atoms with Gasteiger partial charge in [0.2, 0.25) is 0 Å². The minimum Gasteiger partial charge on any atom is -0.550 e. The molecule has 0 saturated heterocycles. The largest absolute Gasteiger partial charge is 0.550 e. The number of rotatable bonds is 8. The summed E-state index contributed by atoms with van der Waals surface area (Å²) >= 11 is 0. The molecular weight excluding hydrogens is 342 g/mol. The number of carbonyl (C=O) groups is 3. The maximum absolute atomic E-state index is 12.4. The predicted molar refractivity (Wildman–Crippen MR) is 88.6 cm³/mol. The van der Waals surface area contributed by atoms with E-state index in [1.807, 2.05) is 0 Å². The molecule has 140 valence electrons. The second-order valence-corrected chi connectivity index (χ2v) is 5.81. The van der Waals surface area contributed by atoms with E-state index in [4.69, 9.17) is 9.47 Å². The van der Waals surface area contributed by atoms with E-state index in [0.29, 0.717) is 17.1 Å². The Morgan fingerprint density at radius 1 is 1.23 bits per heavy atom. The summed E-state index contributed by atoms with van der Waals surface area (Å²) < 4.78 is 10.4. The van der Waals surface area contributed by atoms with Gasteiger partial charge in [0.15, 0.2) is 23.0 Å². The van der Waals surface area contributed by atoms with Gasteiger partial charge in [-0.15, -0.1) is 0 Å². The molecular formula is C18H20NO7-. The van der Waals surface area contributed by atoms with Crippen LogP contribution in [0.1, 0.15) is 31.4 Å². The fraction of sp³-hybridized carbons (Fsp3) is 0.389. The fourth-order valence-corrected chi connectivity index (χ4v) is 3.01. The summed E-state index contributed by atoms with van der Waals surface area (Å²) in [5.41, 5.74) is 0.509. The highest BCUT2D eigenvalue weighted by molar-refractivity contribution is 6.08. The van der Waals surface area contributed by atoms with E-state index in [2.05, 4.69) is 0 Å². The van der Waals surface area contributed by atoms with Gasteiger partial charge in [0, 0.05) is 12.5 Å². The number of hydrogen-bond donors (Lipinski definition) is 1. The molecule has 0 saturated carbocycles. The lowest BCUT2D eigenvalue weighted by atomic mass is 9.96. The van der Waals surface area contributed by atoms with Crippen LogP contribution in [-0.4, -0.2) is 48.4 Å². The van der Waals surface area contributed by atoms with Gasteiger partial charge in [-0.25, -0.2) is 0 Å². The van der Waals surface area contributed by atoms with Crippen molar-refractivity contribution in [3.05, 3.63) is 35.1 Å². The monoisotopic (exact) mass is 362 g/mol. The van der Waals surface area contributed by atoms with Crippen molar-refractivity contribution < 1.29 is 34.1 Å². The van der Waals surface area contributed by atoms with E-state index >= 15 is 0 Å². The lowest BCUT2D eigenvalue weighted by Crippen LogP contribution is -2.33. The van der Waals surface area contributed by atoms with Crippen LogP contribution in [-0.2, 0) is 14.4 Å². The third-order valence-corrected chi connectivity index (χ3v) is 4.19. The van der Waals surface area contributed by atoms with Crippen LogP contribution < -0.4 is 14.6 Å². The zero-order chi connectivity index (χ0) is 19.4. The predicted octanol–water partition coefficient (Wildman–Crippen LogP) is 0.518. The van der Waals surface area contributed by atoms with E-state index < -0.39 is 29.5 Å². The van der Waals surface area contributed by atoms with Crippen molar-refractivity contribution in [3.63, 3.8) is 0 Å². The number of ether oxygens (including phenoxy) is 2. The van der Waals surface area contributed by atoms with Crippen molar-refractivity contribution in [1.82, 2.24) is 4.90 Å². The molecule has 0 aliphatic carbocycles. The van der Waals surface area contributed by atoms with Crippen LogP contribution in [0.5, 0.6) is 11.5 Å². The summed E-state index contributed by atoms with van der Waals surface area (Å²) in [6.45, 7) is 1.31. The Bertz CT molecular complexity index is 769. The zero-order valence-corrected chi connectivity index (χ0v) is 14.8. The number of carbonyl (C=O) groups excluding carboxylic acids is 3. The SMILES string of the molecule is COc1ccc([C@H]2C(C(C)=O)=C(O)C(=O)N2CCCC(=O)[O-])cc1OC. The third-order valence-electron chi connectivity index (χ3n) is 4.19. The Hall–Kier alpha value is -3.03. The van der Waals surface area contributed by atoms with Gasteiger partial charge in [-0.3, -0.25) is 9.59 Å². The number of benzene rings is 1. The molecule has 1 aromatic rings. The Kier molecular flexibility index (Phi) is 5.86. The molecule has 8 nitrogen and oxygen atoms in total. The van der Waals surface area contributed by atoms with Gasteiger partial charge >= 0.3 is 0 Å². The summed E-state index contributed by atoms with van der Waals surface area (Å²) in [4.78, 5) is 36.4. The maximum Gasteiger partial charge on any atom is 0.290 e. The number of hydrogen-bond acceptors (Lipinski definition) is 7. The highest BCUT2D eigenvalue weighted by Gasteiger charge is 2.42. The van der Waals surface area contributed by atoms with Crippen molar-refractivity contribution in [2.45, 2.75) is 25.8 Å². The first-order valence-corrected chi connectivity index (χ1v) is 7.98. The number of aliphatic carboxylic acids is 1. The summed E-state index contributed by atoms with van der Waals surface area (Å²) in [7, 11) is 2.94. The van der Waals surface area contributed by atoms with E-state index in [1.54, 1.807) is 18.2 Å². The molecule has 26 heavy (non-hydrogen) atoms. The minimum atomic E-state index is -1.23. The Balaban J connectivity index is 2.45. The van der Waals surface area contributed by atoms with Gasteiger partial charge in [-0.05, 0) is 37.5 Å². The normalized spacial score (nSPS) is 16.8. The zero-order valence-electron chi connectivity index (χ0n) is 14.8. The van der Waals surface area contributed by atoms with E-state index in [-0.39, 0.29) is 25.0 Å². The van der Waals surface area contributed by atoms with Gasteiger partial charge < -0.3 is 29.4 Å². The van der Waals surface area contributed by atoms with Crippen LogP contribution in [0.15, 0.2) is 29.5 Å². The molecule has 1 heterocycles. The number of carboxylic acid groups (broad SMARTS) is 1. The molecule has 1 atom stereocenters. The molecule has 1 aliphatic heterocycles. The first-order valence-electron chi connectivity index (χ1n) is 7.98. The van der Waals surface area contributed by atoms with Gasteiger partial charge in [0.25, 0.3) is 5.91 Å². The van der Waals surface area contributed by atoms with E-state index in [9.17, 15) is 24.6 Å². The standard InChI is InChI=1S/C18H21NO7/c1-10(20)15-16(11-6-7-12(25-2)13(9-11)26-3)19(18(24)17(15)23)8-4-5-14(21)22/h6-7,9,16,23H,4-5,8H2,1-3H3,(H,21,22)/p-1/t16-/m0/s1. The molecule has 0 unspecified atom stereocenters. The second-order valence-electron chi connectivity index (χ2n) is 5.81. The smallest absolute Gasteiger partial charge is 0.290 e. The first-order chi connectivity index (χ1) is 12.3. The van der Waals surface area contributed by atoms with Crippen LogP contribution >= 0.6 is 0 Å². The highest BCUT2D eigenvalue weighted by Crippen LogP contribution is 2.40. The molecule has 1 aromatic carbocycles. The number of nitrogens with zero attached hydrogens (tertiary/aromatic N) is 1. The number of methoxy groups -OCH3 is 2. The number of ketones is 1. The van der Waals surface area contributed by atoms with Crippen molar-refractivity contribution >= 4 is 17.7 Å². The minimum absolute atomic E-state index is 0.0318. The molecule has 0 bridgehead atoms. The molecule has 1 N–H and O–H groups in total. The summed E-state index contributed by atoms with van der Waals surface area (Å²) in [6, 6.07) is 4.07. The Morgan fingerprint density at radius 2 is 1.88 bits per heavy atom. The molecule has 1 aliphatic rings. The van der Waals surface area contributed by atoms with Crippen molar-refractivity contribution in [2.75, 3.05) is 20.8 Å². The lowest BCUT2D eigenvalue weighted by molar-refractivity contribution is -0.305. The van der Waals surface area contributed by atoms with Crippen LogP contribution in [0, 0.1) is 0 Å². The lowest BCUT2D eigenvalue weighted by Gasteiger charge is -2.27. The van der Waals surface area contributed by atoms with E-state index in [0.717, 1.165) is 0 Å². The molecule has 0 radical (unpaired) electrons. The number of carboxylic acids is 1. The molecule has 2 rings (SSSR count). The molecule has 0 aromatic heterocycles. The fourth-order valence-electron chi connectivity index (χ4n) is 3.01. The number of Topliss-reactive ketones (excluding diaryl/α,β-unsaturated/α-hetero) is 1. The quantitative estimate of drug-likeness (QED) is 0.716. The summed E-state index contributed by atoms with van der Waals surface area (Å²) in [5, 5.41) is 20.8. The van der Waals surface area contributed by atoms with Crippen molar-refractivity contribution in [2.24, 2.45) is 0 Å². The summed E-state index contributed by atoms with van der Waals surface area (Å²) in [5.74, 6) is -2.14. The van der Waals surface area contributed by atoms with Gasteiger partial charge in [-0.2, -0.15) is 0 Å². The average Bonchev–Trinajstić information content (AvgIpc) is 2.85. The molecule has 8 heteroatoms. The third kappa shape index (κ3) is 3.63. The van der Waals surface area contributed by atoms with Gasteiger partial charge in [-0.1, -0.05) is 6.07 Å². The molecule has 1 amide bonds. The summed E-state index contributed by atoms with van der Waals surface area (Å²) in [6.07, 6.45) is -0.102. The number of aliphatic hydroxyl groups excluding tert-OH is 1. The van der Waals surface area contributed by atoms with Crippen molar-refractivity contribution in [3.8, 4) is 11.5 Å². The van der Waals surface area contributed by atoms with Crippen LogP contribution in [0.2, 0.25) is 0 Å². The Labute approximate surface area is 150 Å². The van der Waals surface area contributed by atoms with Crippen LogP contribution in [0.4, 0.5) is 0 Å². The van der Waals surface area contributed by atoms with E-state index in [1.165, 1.54) is 26.0 Å². The molecule has 0 spiro atoms. The van der Waals surface area contributed by atoms with Crippen molar-refractivity contribution in [1.29, 1.82) is 0 Å². The maximum atomic E-state index is 12.4. The second kappa shape index (κ2) is 7.90. The van der Waals surface area contributed by atoms with Crippen LogP contribution in [0.3, 0.4) is 0 Å². The number of amides is 1. The highest BCUT2D eigenvalue weighted by atomic mass is 16.5. The molecule has 0 fully saturated rings. The number of aliphatic hydroxyl groups is 1. The van der Waals surface area contributed by atoms with Gasteiger partial charge in [0.05, 0.1) is 25.8 Å². The topological polar surface area (TPSA) is 116 Å². The van der Waals surface area contributed by atoms with Crippen LogP contribution in [0.25, 0.3) is 0 Å².